The van der Waals surface area contributed by atoms with Gasteiger partial charge >= 0.3 is 12.0 Å². The molecule has 2 rings (SSSR count). The summed E-state index contributed by atoms with van der Waals surface area (Å²) in [6.07, 6.45) is 3.99. The molecular weight excluding hydrogens is 374 g/mol. The number of nitrogens with one attached hydrogen (secondary N) is 2. The number of esters is 1. The van der Waals surface area contributed by atoms with E-state index in [4.69, 9.17) is 9.47 Å². The molecule has 1 aromatic rings. The number of carbonyl (C=O) groups is 3. The van der Waals surface area contributed by atoms with Crippen LogP contribution in [0.5, 0.6) is 5.75 Å². The van der Waals surface area contributed by atoms with Gasteiger partial charge in [0, 0.05) is 6.04 Å². The number of imide groups is 1. The third-order valence-electron chi connectivity index (χ3n) is 4.42. The summed E-state index contributed by atoms with van der Waals surface area (Å²) in [6.45, 7) is 3.73. The maximum atomic E-state index is 12.2. The molecule has 1 aromatic carbocycles. The summed E-state index contributed by atoms with van der Waals surface area (Å²) >= 11 is 0. The average molecular weight is 399 g/mol. The van der Waals surface area contributed by atoms with E-state index in [1.165, 1.54) is 13.0 Å². The maximum absolute atomic E-state index is 12.2. The van der Waals surface area contributed by atoms with Crippen molar-refractivity contribution >= 4 is 24.0 Å². The Bertz CT molecular complexity index is 805. The Balaban J connectivity index is 1.90. The van der Waals surface area contributed by atoms with Gasteiger partial charge in [0.2, 0.25) is 0 Å². The van der Waals surface area contributed by atoms with Gasteiger partial charge in [-0.2, -0.15) is 5.26 Å². The van der Waals surface area contributed by atoms with Crippen LogP contribution in [0.4, 0.5) is 4.79 Å². The zero-order valence-corrected chi connectivity index (χ0v) is 16.6. The predicted octanol–water partition coefficient (Wildman–Crippen LogP) is 2.69. The molecule has 8 heteroatoms. The Morgan fingerprint density at radius 2 is 1.90 bits per heavy atom. The number of benzene rings is 1. The molecule has 1 aliphatic rings. The van der Waals surface area contributed by atoms with E-state index >= 15 is 0 Å². The highest BCUT2D eigenvalue weighted by Gasteiger charge is 2.24. The van der Waals surface area contributed by atoms with Gasteiger partial charge < -0.3 is 14.8 Å². The van der Waals surface area contributed by atoms with E-state index in [9.17, 15) is 19.6 Å². The molecule has 1 atom stereocenters. The van der Waals surface area contributed by atoms with E-state index in [1.807, 2.05) is 6.92 Å². The maximum Gasteiger partial charge on any atom is 0.349 e. The van der Waals surface area contributed by atoms with Crippen LogP contribution in [-0.2, 0) is 14.3 Å². The molecule has 0 saturated heterocycles. The number of rotatable bonds is 7. The minimum Gasteiger partial charge on any atom is -0.494 e. The molecule has 0 unspecified atom stereocenters. The molecular formula is C21H25N3O5. The highest BCUT2D eigenvalue weighted by Crippen LogP contribution is 2.17. The van der Waals surface area contributed by atoms with E-state index in [0.717, 1.165) is 25.7 Å². The number of ether oxygens (including phenoxy) is 2. The molecule has 0 aliphatic heterocycles. The van der Waals surface area contributed by atoms with Gasteiger partial charge in [-0.25, -0.2) is 9.59 Å². The van der Waals surface area contributed by atoms with Crippen LogP contribution in [0.2, 0.25) is 0 Å². The highest BCUT2D eigenvalue weighted by molar-refractivity contribution is 6.01. The van der Waals surface area contributed by atoms with Crippen molar-refractivity contribution in [1.82, 2.24) is 10.6 Å². The highest BCUT2D eigenvalue weighted by atomic mass is 16.5. The number of urea groups is 1. The van der Waals surface area contributed by atoms with E-state index in [1.54, 1.807) is 30.3 Å². The van der Waals surface area contributed by atoms with Crippen molar-refractivity contribution < 1.29 is 23.9 Å². The first-order valence-corrected chi connectivity index (χ1v) is 9.60. The van der Waals surface area contributed by atoms with Crippen molar-refractivity contribution in [2.75, 3.05) is 6.61 Å². The first-order chi connectivity index (χ1) is 13.9. The van der Waals surface area contributed by atoms with Gasteiger partial charge in [0.1, 0.15) is 17.4 Å². The predicted molar refractivity (Wildman–Crippen MR) is 106 cm³/mol. The van der Waals surface area contributed by atoms with Crippen LogP contribution < -0.4 is 15.4 Å². The number of amides is 3. The van der Waals surface area contributed by atoms with Gasteiger partial charge in [-0.05, 0) is 50.5 Å². The lowest BCUT2D eigenvalue weighted by atomic mass is 10.1. The first kappa shape index (κ1) is 22.0. The van der Waals surface area contributed by atoms with Gasteiger partial charge in [-0.15, -0.1) is 0 Å². The number of hydrogen-bond acceptors (Lipinski definition) is 6. The van der Waals surface area contributed by atoms with E-state index in [-0.39, 0.29) is 11.6 Å². The number of carbonyl (C=O) groups excluding carboxylic acids is 3. The number of hydrogen-bond donors (Lipinski definition) is 2. The molecule has 0 radical (unpaired) electrons. The van der Waals surface area contributed by atoms with Crippen LogP contribution in [-0.4, -0.2) is 36.7 Å². The van der Waals surface area contributed by atoms with Crippen molar-refractivity contribution in [2.24, 2.45) is 0 Å². The van der Waals surface area contributed by atoms with Gasteiger partial charge in [0.05, 0.1) is 6.61 Å². The quantitative estimate of drug-likeness (QED) is 0.413. The van der Waals surface area contributed by atoms with E-state index in [2.05, 4.69) is 10.6 Å². The SMILES string of the molecule is CCOc1ccc(/C=C(\C#N)C(=O)O[C@H](C)C(=O)NC(=O)NC2CCCC2)cc1. The van der Waals surface area contributed by atoms with Crippen LogP contribution in [0.3, 0.4) is 0 Å². The normalized spacial score (nSPS) is 15.1. The summed E-state index contributed by atoms with van der Waals surface area (Å²) in [7, 11) is 0. The number of nitriles is 1. The molecule has 154 valence electrons. The van der Waals surface area contributed by atoms with Gasteiger partial charge in [0.25, 0.3) is 5.91 Å². The van der Waals surface area contributed by atoms with Crippen molar-refractivity contribution in [2.45, 2.75) is 51.7 Å². The topological polar surface area (TPSA) is 118 Å². The summed E-state index contributed by atoms with van der Waals surface area (Å²) in [6, 6.07) is 8.03. The minimum absolute atomic E-state index is 0.0582. The first-order valence-electron chi connectivity index (χ1n) is 9.60. The van der Waals surface area contributed by atoms with Crippen LogP contribution in [0.25, 0.3) is 6.08 Å². The van der Waals surface area contributed by atoms with Gasteiger partial charge in [-0.1, -0.05) is 25.0 Å². The fourth-order valence-electron chi connectivity index (χ4n) is 2.91. The molecule has 29 heavy (non-hydrogen) atoms. The van der Waals surface area contributed by atoms with Crippen LogP contribution in [0, 0.1) is 11.3 Å². The van der Waals surface area contributed by atoms with Gasteiger partial charge in [-0.3, -0.25) is 10.1 Å². The third kappa shape index (κ3) is 6.96. The lowest BCUT2D eigenvalue weighted by Gasteiger charge is -2.15. The summed E-state index contributed by atoms with van der Waals surface area (Å²) in [5.41, 5.74) is 0.346. The second-order valence-electron chi connectivity index (χ2n) is 6.66. The smallest absolute Gasteiger partial charge is 0.349 e. The van der Waals surface area contributed by atoms with Gasteiger partial charge in [0.15, 0.2) is 6.10 Å². The lowest BCUT2D eigenvalue weighted by molar-refractivity contribution is -0.150. The Hall–Kier alpha value is -3.34. The second kappa shape index (κ2) is 10.9. The third-order valence-corrected chi connectivity index (χ3v) is 4.42. The Kier molecular flexibility index (Phi) is 8.22. The summed E-state index contributed by atoms with van der Waals surface area (Å²) in [4.78, 5) is 36.1. The molecule has 0 spiro atoms. The molecule has 2 N–H and O–H groups in total. The van der Waals surface area contributed by atoms with Crippen molar-refractivity contribution in [3.63, 3.8) is 0 Å². The summed E-state index contributed by atoms with van der Waals surface area (Å²) in [5, 5.41) is 14.1. The van der Waals surface area contributed by atoms with Crippen molar-refractivity contribution in [1.29, 1.82) is 5.26 Å². The fraction of sp³-hybridized carbons (Fsp3) is 0.429. The number of nitrogens with zero attached hydrogens (tertiary/aromatic N) is 1. The second-order valence-corrected chi connectivity index (χ2v) is 6.66. The Morgan fingerprint density at radius 1 is 1.24 bits per heavy atom. The van der Waals surface area contributed by atoms with Crippen LogP contribution in [0.1, 0.15) is 45.1 Å². The fourth-order valence-corrected chi connectivity index (χ4v) is 2.91. The van der Waals surface area contributed by atoms with Crippen molar-refractivity contribution in [3.05, 3.63) is 35.4 Å². The molecule has 1 aliphatic carbocycles. The zero-order valence-electron chi connectivity index (χ0n) is 16.6. The van der Waals surface area contributed by atoms with Crippen LogP contribution in [0.15, 0.2) is 29.8 Å². The standard InChI is InChI=1S/C21H25N3O5/c1-3-28-18-10-8-15(9-11-18)12-16(13-22)20(26)29-14(2)19(25)24-21(27)23-17-6-4-5-7-17/h8-12,14,17H,3-7H2,1-2H3,(H2,23,24,25,27)/b16-12+/t14-/m1/s1. The van der Waals surface area contributed by atoms with E-state index < -0.39 is 24.0 Å². The molecule has 0 aromatic heterocycles. The Labute approximate surface area is 169 Å². The lowest BCUT2D eigenvalue weighted by Crippen LogP contribution is -2.47. The van der Waals surface area contributed by atoms with Crippen molar-refractivity contribution in [3.8, 4) is 11.8 Å². The molecule has 8 nitrogen and oxygen atoms in total. The minimum atomic E-state index is -1.23. The largest absolute Gasteiger partial charge is 0.494 e. The molecule has 1 fully saturated rings. The molecule has 1 saturated carbocycles. The molecule has 0 bridgehead atoms. The molecule has 3 amide bonds. The monoisotopic (exact) mass is 399 g/mol. The summed E-state index contributed by atoms with van der Waals surface area (Å²) in [5.74, 6) is -1.03. The summed E-state index contributed by atoms with van der Waals surface area (Å²) < 4.78 is 10.4. The van der Waals surface area contributed by atoms with Crippen LogP contribution >= 0.6 is 0 Å². The van der Waals surface area contributed by atoms with E-state index in [0.29, 0.717) is 17.9 Å². The Morgan fingerprint density at radius 3 is 2.48 bits per heavy atom. The zero-order chi connectivity index (χ0) is 21.2. The molecule has 0 heterocycles. The average Bonchev–Trinajstić information content (AvgIpc) is 3.20.